The van der Waals surface area contributed by atoms with Crippen molar-refractivity contribution < 1.29 is 23.5 Å². The summed E-state index contributed by atoms with van der Waals surface area (Å²) >= 11 is 0. The van der Waals surface area contributed by atoms with Gasteiger partial charge in [0.25, 0.3) is 5.91 Å². The second kappa shape index (κ2) is 6.04. The van der Waals surface area contributed by atoms with Gasteiger partial charge in [0, 0.05) is 6.20 Å². The van der Waals surface area contributed by atoms with E-state index in [4.69, 9.17) is 5.11 Å². The Morgan fingerprint density at radius 3 is 2.43 bits per heavy atom. The minimum atomic E-state index is -1.53. The number of hydrogen-bond acceptors (Lipinski definition) is 4. The van der Waals surface area contributed by atoms with Crippen LogP contribution in [0.25, 0.3) is 0 Å². The van der Waals surface area contributed by atoms with Crippen molar-refractivity contribution in [2.45, 2.75) is 6.54 Å². The molecule has 1 amide bonds. The van der Waals surface area contributed by atoms with Crippen molar-refractivity contribution in [2.75, 3.05) is 0 Å². The highest BCUT2D eigenvalue weighted by atomic mass is 19.2. The molecule has 8 heteroatoms. The van der Waals surface area contributed by atoms with Gasteiger partial charge in [-0.15, -0.1) is 0 Å². The normalized spacial score (nSPS) is 10.2. The summed E-state index contributed by atoms with van der Waals surface area (Å²) < 4.78 is 26.2. The lowest BCUT2D eigenvalue weighted by Crippen LogP contribution is -2.25. The first kappa shape index (κ1) is 14.5. The Morgan fingerprint density at radius 2 is 1.86 bits per heavy atom. The van der Waals surface area contributed by atoms with Crippen LogP contribution in [0.1, 0.15) is 26.4 Å². The van der Waals surface area contributed by atoms with Gasteiger partial charge >= 0.3 is 5.97 Å². The van der Waals surface area contributed by atoms with Crippen molar-refractivity contribution in [3.8, 4) is 0 Å². The first-order valence-electron chi connectivity index (χ1n) is 5.74. The average molecular weight is 293 g/mol. The van der Waals surface area contributed by atoms with Gasteiger partial charge in [0.1, 0.15) is 6.33 Å². The lowest BCUT2D eigenvalue weighted by molar-refractivity contribution is 0.0690. The number of rotatable bonds is 4. The molecule has 0 radical (unpaired) electrons. The van der Waals surface area contributed by atoms with E-state index in [1.54, 1.807) is 6.07 Å². The van der Waals surface area contributed by atoms with E-state index in [1.165, 1.54) is 12.5 Å². The molecular formula is C13H9F2N3O3. The van der Waals surface area contributed by atoms with E-state index in [0.29, 0.717) is 17.8 Å². The zero-order chi connectivity index (χ0) is 15.4. The molecule has 0 fully saturated rings. The van der Waals surface area contributed by atoms with E-state index in [0.717, 1.165) is 0 Å². The predicted octanol–water partition coefficient (Wildman–Crippen LogP) is 1.38. The van der Waals surface area contributed by atoms with E-state index in [-0.39, 0.29) is 6.54 Å². The van der Waals surface area contributed by atoms with Crippen LogP contribution in [0.3, 0.4) is 0 Å². The molecule has 0 saturated heterocycles. The number of amides is 1. The van der Waals surface area contributed by atoms with Crippen molar-refractivity contribution in [3.63, 3.8) is 0 Å². The maximum atomic E-state index is 13.2. The van der Waals surface area contributed by atoms with Gasteiger partial charge in [-0.25, -0.2) is 23.5 Å². The Morgan fingerprint density at radius 1 is 1.19 bits per heavy atom. The zero-order valence-corrected chi connectivity index (χ0v) is 10.5. The number of nitrogens with one attached hydrogen (secondary N) is 1. The number of nitrogens with zero attached hydrogens (tertiary/aromatic N) is 2. The molecule has 2 rings (SSSR count). The van der Waals surface area contributed by atoms with E-state index in [2.05, 4.69) is 15.3 Å². The summed E-state index contributed by atoms with van der Waals surface area (Å²) in [5, 5.41) is 11.3. The van der Waals surface area contributed by atoms with Crippen LogP contribution in [0, 0.1) is 11.6 Å². The van der Waals surface area contributed by atoms with Gasteiger partial charge in [-0.3, -0.25) is 4.79 Å². The van der Waals surface area contributed by atoms with Crippen LogP contribution in [0.5, 0.6) is 0 Å². The molecule has 1 aromatic carbocycles. The van der Waals surface area contributed by atoms with Gasteiger partial charge in [-0.05, 0) is 18.2 Å². The standard InChI is InChI=1S/C13H9F2N3O3/c14-10-3-8(9(13(20)21)4-11(10)15)12(19)17-5-7-1-2-16-6-18-7/h1-4,6H,5H2,(H,17,19)(H,20,21). The van der Waals surface area contributed by atoms with Crippen LogP contribution >= 0.6 is 0 Å². The average Bonchev–Trinajstić information content (AvgIpc) is 2.48. The lowest BCUT2D eigenvalue weighted by atomic mass is 10.1. The second-order valence-electron chi connectivity index (χ2n) is 4.00. The Labute approximate surface area is 117 Å². The number of benzene rings is 1. The maximum absolute atomic E-state index is 13.2. The van der Waals surface area contributed by atoms with Crippen molar-refractivity contribution in [1.82, 2.24) is 15.3 Å². The number of carbonyl (C=O) groups excluding carboxylic acids is 1. The molecule has 1 heterocycles. The third kappa shape index (κ3) is 3.35. The molecule has 0 saturated carbocycles. The van der Waals surface area contributed by atoms with Gasteiger partial charge in [0.05, 0.1) is 23.4 Å². The van der Waals surface area contributed by atoms with Crippen molar-refractivity contribution in [1.29, 1.82) is 0 Å². The summed E-state index contributed by atoms with van der Waals surface area (Å²) in [7, 11) is 0. The van der Waals surface area contributed by atoms with Crippen molar-refractivity contribution in [3.05, 3.63) is 59.2 Å². The van der Waals surface area contributed by atoms with Crippen molar-refractivity contribution >= 4 is 11.9 Å². The van der Waals surface area contributed by atoms with Gasteiger partial charge in [-0.1, -0.05) is 0 Å². The lowest BCUT2D eigenvalue weighted by Gasteiger charge is -2.08. The number of carboxylic acids is 1. The molecule has 0 bridgehead atoms. The number of carboxylic acid groups (broad SMARTS) is 1. The minimum Gasteiger partial charge on any atom is -0.478 e. The SMILES string of the molecule is O=C(O)c1cc(F)c(F)cc1C(=O)NCc1ccncn1. The first-order valence-corrected chi connectivity index (χ1v) is 5.74. The van der Waals surface area contributed by atoms with Crippen LogP contribution in [-0.2, 0) is 6.54 Å². The van der Waals surface area contributed by atoms with Crippen LogP contribution in [0.2, 0.25) is 0 Å². The van der Waals surface area contributed by atoms with E-state index in [1.807, 2.05) is 0 Å². The van der Waals surface area contributed by atoms with Crippen LogP contribution in [-0.4, -0.2) is 27.0 Å². The summed E-state index contributed by atoms with van der Waals surface area (Å²) in [6.45, 7) is -0.000587. The highest BCUT2D eigenvalue weighted by Crippen LogP contribution is 2.15. The first-order chi connectivity index (χ1) is 9.99. The number of hydrogen-bond donors (Lipinski definition) is 2. The quantitative estimate of drug-likeness (QED) is 0.888. The molecule has 21 heavy (non-hydrogen) atoms. The highest BCUT2D eigenvalue weighted by molar-refractivity contribution is 6.04. The van der Waals surface area contributed by atoms with E-state index < -0.39 is 34.6 Å². The molecule has 2 aromatic rings. The third-order valence-electron chi connectivity index (χ3n) is 2.61. The topological polar surface area (TPSA) is 92.2 Å². The Kier molecular flexibility index (Phi) is 4.17. The molecule has 108 valence electrons. The smallest absolute Gasteiger partial charge is 0.336 e. The van der Waals surface area contributed by atoms with E-state index >= 15 is 0 Å². The summed E-state index contributed by atoms with van der Waals surface area (Å²) in [5.41, 5.74) is -0.595. The Balaban J connectivity index is 2.22. The molecule has 2 N–H and O–H groups in total. The summed E-state index contributed by atoms with van der Waals surface area (Å²) in [5.74, 6) is -5.00. The fourth-order valence-electron chi connectivity index (χ4n) is 1.60. The minimum absolute atomic E-state index is 0.000587. The fraction of sp³-hybridized carbons (Fsp3) is 0.0769. The maximum Gasteiger partial charge on any atom is 0.336 e. The predicted molar refractivity (Wildman–Crippen MR) is 66.5 cm³/mol. The molecule has 0 aliphatic carbocycles. The number of aromatic nitrogens is 2. The van der Waals surface area contributed by atoms with Crippen LogP contribution < -0.4 is 5.32 Å². The van der Waals surface area contributed by atoms with Gasteiger partial charge in [0.15, 0.2) is 11.6 Å². The molecule has 0 unspecified atom stereocenters. The molecular weight excluding hydrogens is 284 g/mol. The highest BCUT2D eigenvalue weighted by Gasteiger charge is 2.20. The number of halogens is 2. The van der Waals surface area contributed by atoms with Gasteiger partial charge in [0.2, 0.25) is 0 Å². The summed E-state index contributed by atoms with van der Waals surface area (Å²) in [4.78, 5) is 30.4. The zero-order valence-electron chi connectivity index (χ0n) is 10.5. The monoisotopic (exact) mass is 293 g/mol. The van der Waals surface area contributed by atoms with Gasteiger partial charge in [-0.2, -0.15) is 0 Å². The molecule has 6 nitrogen and oxygen atoms in total. The Hall–Kier alpha value is -2.90. The molecule has 0 aliphatic heterocycles. The second-order valence-corrected chi connectivity index (χ2v) is 4.00. The molecule has 1 aromatic heterocycles. The summed E-state index contributed by atoms with van der Waals surface area (Å²) in [6.07, 6.45) is 2.75. The number of aromatic carboxylic acids is 1. The molecule has 0 aliphatic rings. The van der Waals surface area contributed by atoms with Gasteiger partial charge < -0.3 is 10.4 Å². The van der Waals surface area contributed by atoms with E-state index in [9.17, 15) is 18.4 Å². The van der Waals surface area contributed by atoms with Crippen molar-refractivity contribution in [2.24, 2.45) is 0 Å². The molecule has 0 spiro atoms. The van der Waals surface area contributed by atoms with Crippen LogP contribution in [0.15, 0.2) is 30.7 Å². The molecule has 0 atom stereocenters. The Bertz CT molecular complexity index is 693. The van der Waals surface area contributed by atoms with Crippen LogP contribution in [0.4, 0.5) is 8.78 Å². The fourth-order valence-corrected chi connectivity index (χ4v) is 1.60. The largest absolute Gasteiger partial charge is 0.478 e. The third-order valence-corrected chi connectivity index (χ3v) is 2.61. The number of carbonyl (C=O) groups is 2. The summed E-state index contributed by atoms with van der Waals surface area (Å²) in [6, 6.07) is 2.56.